The molecule has 3 aromatic heterocycles. The summed E-state index contributed by atoms with van der Waals surface area (Å²) in [4.78, 5) is 51.6. The van der Waals surface area contributed by atoms with Crippen LogP contribution in [0.1, 0.15) is 54.9 Å². The lowest BCUT2D eigenvalue weighted by Gasteiger charge is -2.14. The lowest BCUT2D eigenvalue weighted by atomic mass is 10.1. The maximum absolute atomic E-state index is 13.1. The largest absolute Gasteiger partial charge is 0.495 e. The zero-order valence-electron chi connectivity index (χ0n) is 23.8. The molecule has 15 heteroatoms. The molecule has 0 spiro atoms. The van der Waals surface area contributed by atoms with Crippen molar-refractivity contribution in [3.8, 4) is 11.4 Å². The SMILES string of the molecule is CCOC(=O)c1sc(NC(=O)CSc2nnc(CNC(=O)c3cccs3)n2-c2ccccc2OC)c(C(=O)OCC)c1C. The quantitative estimate of drug-likeness (QED) is 0.155. The number of anilines is 1. The van der Waals surface area contributed by atoms with E-state index in [0.717, 1.165) is 23.1 Å². The van der Waals surface area contributed by atoms with Crippen LogP contribution in [-0.2, 0) is 20.8 Å². The van der Waals surface area contributed by atoms with Crippen LogP contribution >= 0.6 is 34.4 Å². The van der Waals surface area contributed by atoms with E-state index in [-0.39, 0.29) is 46.9 Å². The first-order valence-electron chi connectivity index (χ1n) is 13.1. The Balaban J connectivity index is 1.57. The predicted molar refractivity (Wildman–Crippen MR) is 164 cm³/mol. The van der Waals surface area contributed by atoms with E-state index in [4.69, 9.17) is 14.2 Å². The number of hydrogen-bond acceptors (Lipinski definition) is 12. The van der Waals surface area contributed by atoms with Crippen LogP contribution in [0.5, 0.6) is 5.75 Å². The number of hydrogen-bond donors (Lipinski definition) is 2. The number of methoxy groups -OCH3 is 1. The number of nitrogens with one attached hydrogen (secondary N) is 2. The Morgan fingerprint density at radius 2 is 1.74 bits per heavy atom. The van der Waals surface area contributed by atoms with E-state index >= 15 is 0 Å². The number of aromatic nitrogens is 3. The van der Waals surface area contributed by atoms with Gasteiger partial charge in [0.1, 0.15) is 15.6 Å². The summed E-state index contributed by atoms with van der Waals surface area (Å²) < 4.78 is 17.5. The molecule has 12 nitrogen and oxygen atoms in total. The van der Waals surface area contributed by atoms with Crippen LogP contribution in [0.15, 0.2) is 46.9 Å². The topological polar surface area (TPSA) is 151 Å². The lowest BCUT2D eigenvalue weighted by molar-refractivity contribution is -0.113. The van der Waals surface area contributed by atoms with E-state index in [2.05, 4.69) is 20.8 Å². The van der Waals surface area contributed by atoms with E-state index in [1.54, 1.807) is 43.5 Å². The zero-order valence-corrected chi connectivity index (χ0v) is 26.2. The third-order valence-corrected chi connectivity index (χ3v) is 8.84. The number of carbonyl (C=O) groups is 4. The minimum absolute atomic E-state index is 0.0720. The highest BCUT2D eigenvalue weighted by Gasteiger charge is 2.28. The Morgan fingerprint density at radius 1 is 1.00 bits per heavy atom. The number of nitrogens with zero attached hydrogens (tertiary/aromatic N) is 3. The minimum atomic E-state index is -0.653. The van der Waals surface area contributed by atoms with Gasteiger partial charge in [-0.15, -0.1) is 32.9 Å². The maximum atomic E-state index is 13.1. The molecule has 0 aliphatic carbocycles. The Kier molecular flexibility index (Phi) is 10.9. The van der Waals surface area contributed by atoms with Crippen LogP contribution in [0.2, 0.25) is 0 Å². The highest BCUT2D eigenvalue weighted by atomic mass is 32.2. The van der Waals surface area contributed by atoms with Gasteiger partial charge in [-0.05, 0) is 49.9 Å². The van der Waals surface area contributed by atoms with Crippen molar-refractivity contribution >= 4 is 63.2 Å². The van der Waals surface area contributed by atoms with Crippen LogP contribution in [-0.4, -0.2) is 64.6 Å². The minimum Gasteiger partial charge on any atom is -0.495 e. The molecule has 4 rings (SSSR count). The molecule has 0 atom stereocenters. The van der Waals surface area contributed by atoms with Gasteiger partial charge in [0.25, 0.3) is 5.91 Å². The molecule has 0 saturated heterocycles. The summed E-state index contributed by atoms with van der Waals surface area (Å²) in [6.07, 6.45) is 0. The third-order valence-electron chi connectivity index (χ3n) is 5.85. The fourth-order valence-corrected chi connectivity index (χ4v) is 6.46. The first-order chi connectivity index (χ1) is 20.8. The van der Waals surface area contributed by atoms with Gasteiger partial charge in [-0.2, -0.15) is 0 Å². The van der Waals surface area contributed by atoms with E-state index in [1.165, 1.54) is 18.4 Å². The monoisotopic (exact) mass is 643 g/mol. The normalized spacial score (nSPS) is 10.7. The third kappa shape index (κ3) is 7.42. The van der Waals surface area contributed by atoms with Crippen molar-refractivity contribution in [2.45, 2.75) is 32.5 Å². The van der Waals surface area contributed by atoms with Gasteiger partial charge >= 0.3 is 11.9 Å². The number of thioether (sulfide) groups is 1. The summed E-state index contributed by atoms with van der Waals surface area (Å²) in [7, 11) is 1.54. The highest BCUT2D eigenvalue weighted by molar-refractivity contribution is 7.99. The van der Waals surface area contributed by atoms with Crippen molar-refractivity contribution < 1.29 is 33.4 Å². The summed E-state index contributed by atoms with van der Waals surface area (Å²) in [5.74, 6) is -1.08. The van der Waals surface area contributed by atoms with Gasteiger partial charge in [-0.1, -0.05) is 30.0 Å². The van der Waals surface area contributed by atoms with Gasteiger partial charge in [-0.3, -0.25) is 14.2 Å². The average Bonchev–Trinajstić information content (AvgIpc) is 3.74. The second kappa shape index (κ2) is 14.8. The van der Waals surface area contributed by atoms with Crippen LogP contribution in [0.25, 0.3) is 5.69 Å². The molecule has 0 saturated carbocycles. The van der Waals surface area contributed by atoms with Crippen molar-refractivity contribution in [3.05, 3.63) is 68.5 Å². The van der Waals surface area contributed by atoms with Gasteiger partial charge in [0.15, 0.2) is 11.0 Å². The number of ether oxygens (including phenoxy) is 3. The summed E-state index contributed by atoms with van der Waals surface area (Å²) in [5.41, 5.74) is 1.10. The fourth-order valence-electron chi connectivity index (χ4n) is 3.95. The number of para-hydroxylation sites is 2. The molecule has 2 N–H and O–H groups in total. The molecule has 1 aromatic carbocycles. The van der Waals surface area contributed by atoms with E-state index in [0.29, 0.717) is 32.9 Å². The molecule has 43 heavy (non-hydrogen) atoms. The Hall–Kier alpha value is -4.21. The average molecular weight is 644 g/mol. The molecule has 3 heterocycles. The smallest absolute Gasteiger partial charge is 0.348 e. The molecule has 0 radical (unpaired) electrons. The molecule has 226 valence electrons. The number of rotatable bonds is 13. The van der Waals surface area contributed by atoms with Crippen molar-refractivity contribution in [2.75, 3.05) is 31.4 Å². The molecular formula is C28H29N5O7S3. The number of thiophene rings is 2. The van der Waals surface area contributed by atoms with Gasteiger partial charge in [0.2, 0.25) is 5.91 Å². The van der Waals surface area contributed by atoms with E-state index in [9.17, 15) is 19.2 Å². The summed E-state index contributed by atoms with van der Waals surface area (Å²) >= 11 is 3.37. The van der Waals surface area contributed by atoms with Crippen LogP contribution in [0, 0.1) is 6.92 Å². The number of carbonyl (C=O) groups excluding carboxylic acids is 4. The first kappa shape index (κ1) is 31.7. The van der Waals surface area contributed by atoms with Gasteiger partial charge < -0.3 is 24.8 Å². The molecule has 0 bridgehead atoms. The zero-order chi connectivity index (χ0) is 30.9. The second-order valence-electron chi connectivity index (χ2n) is 8.60. The Labute approximate surface area is 259 Å². The lowest BCUT2D eigenvalue weighted by Crippen LogP contribution is -2.24. The number of benzene rings is 1. The molecular weight excluding hydrogens is 615 g/mol. The van der Waals surface area contributed by atoms with E-state index < -0.39 is 17.8 Å². The van der Waals surface area contributed by atoms with Crippen molar-refractivity contribution in [3.63, 3.8) is 0 Å². The standard InChI is InChI=1S/C28H29N5O7S3/c1-5-39-26(36)22-16(3)23(27(37)40-6-2)43-25(22)30-21(34)15-42-28-32-31-20(14-29-24(35)19-12-9-13-41-19)33(28)17-10-7-8-11-18(17)38-4/h7-13H,5-6,14-15H2,1-4H3,(H,29,35)(H,30,34). The Morgan fingerprint density at radius 3 is 2.44 bits per heavy atom. The number of amides is 2. The Bertz CT molecular complexity index is 1610. The van der Waals surface area contributed by atoms with Crippen molar-refractivity contribution in [1.82, 2.24) is 20.1 Å². The maximum Gasteiger partial charge on any atom is 0.348 e. The first-order valence-corrected chi connectivity index (χ1v) is 15.8. The van der Waals surface area contributed by atoms with Gasteiger partial charge in [0, 0.05) is 0 Å². The van der Waals surface area contributed by atoms with E-state index in [1.807, 2.05) is 23.6 Å². The van der Waals surface area contributed by atoms with Crippen LogP contribution in [0.4, 0.5) is 5.00 Å². The number of esters is 2. The molecule has 0 aliphatic heterocycles. The molecule has 0 fully saturated rings. The molecule has 4 aromatic rings. The van der Waals surface area contributed by atoms with Crippen LogP contribution in [0.3, 0.4) is 0 Å². The molecule has 0 unspecified atom stereocenters. The fraction of sp³-hybridized carbons (Fsp3) is 0.286. The summed E-state index contributed by atoms with van der Waals surface area (Å²) in [5, 5.41) is 16.5. The van der Waals surface area contributed by atoms with Crippen molar-refractivity contribution in [1.29, 1.82) is 0 Å². The van der Waals surface area contributed by atoms with Gasteiger partial charge in [-0.25, -0.2) is 9.59 Å². The highest BCUT2D eigenvalue weighted by Crippen LogP contribution is 2.35. The summed E-state index contributed by atoms with van der Waals surface area (Å²) in [6.45, 7) is 5.31. The van der Waals surface area contributed by atoms with Crippen LogP contribution < -0.4 is 15.4 Å². The van der Waals surface area contributed by atoms with Crippen molar-refractivity contribution in [2.24, 2.45) is 0 Å². The second-order valence-corrected chi connectivity index (χ2v) is 11.5. The molecule has 2 amide bonds. The molecule has 0 aliphatic rings. The van der Waals surface area contributed by atoms with Gasteiger partial charge in [0.05, 0.1) is 48.7 Å². The predicted octanol–water partition coefficient (Wildman–Crippen LogP) is 4.72. The summed E-state index contributed by atoms with van der Waals surface area (Å²) in [6, 6.07) is 10.8.